The van der Waals surface area contributed by atoms with Crippen molar-refractivity contribution in [2.75, 3.05) is 13.2 Å². The summed E-state index contributed by atoms with van der Waals surface area (Å²) in [7, 11) is 0. The van der Waals surface area contributed by atoms with Crippen molar-refractivity contribution in [3.63, 3.8) is 0 Å². The molecule has 2 amide bonds. The Morgan fingerprint density at radius 1 is 0.970 bits per heavy atom. The van der Waals surface area contributed by atoms with Crippen molar-refractivity contribution in [3.05, 3.63) is 59.7 Å². The Kier molecular flexibility index (Phi) is 5.91. The molecular formula is C26H30N2O5. The van der Waals surface area contributed by atoms with E-state index in [1.165, 1.54) is 0 Å². The number of alkyl carbamates (subject to hydrolysis) is 1. The maximum Gasteiger partial charge on any atom is 0.408 e. The van der Waals surface area contributed by atoms with E-state index in [9.17, 15) is 19.5 Å². The lowest BCUT2D eigenvalue weighted by molar-refractivity contribution is -0.147. The van der Waals surface area contributed by atoms with Gasteiger partial charge < -0.3 is 20.5 Å². The van der Waals surface area contributed by atoms with E-state index in [0.29, 0.717) is 0 Å². The van der Waals surface area contributed by atoms with Crippen molar-refractivity contribution in [1.82, 2.24) is 10.6 Å². The van der Waals surface area contributed by atoms with Crippen LogP contribution in [0, 0.1) is 11.3 Å². The second-order valence-electron chi connectivity index (χ2n) is 9.80. The number of carboxylic acids is 1. The van der Waals surface area contributed by atoms with E-state index < -0.39 is 28.9 Å². The highest BCUT2D eigenvalue weighted by Gasteiger charge is 2.49. The molecule has 0 radical (unpaired) electrons. The van der Waals surface area contributed by atoms with E-state index in [0.717, 1.165) is 35.1 Å². The summed E-state index contributed by atoms with van der Waals surface area (Å²) >= 11 is 0. The van der Waals surface area contributed by atoms with Crippen LogP contribution in [-0.2, 0) is 14.3 Å². The fraction of sp³-hybridized carbons (Fsp3) is 0.423. The molecule has 4 rings (SSSR count). The highest BCUT2D eigenvalue weighted by molar-refractivity contribution is 5.91. The molecule has 0 aromatic heterocycles. The van der Waals surface area contributed by atoms with Crippen LogP contribution in [0.25, 0.3) is 11.1 Å². The number of hydrogen-bond donors (Lipinski definition) is 3. The van der Waals surface area contributed by atoms with Crippen molar-refractivity contribution in [2.24, 2.45) is 11.3 Å². The smallest absolute Gasteiger partial charge is 0.408 e. The van der Waals surface area contributed by atoms with Crippen LogP contribution >= 0.6 is 0 Å². The molecule has 7 heteroatoms. The Morgan fingerprint density at radius 3 is 2.03 bits per heavy atom. The fourth-order valence-corrected chi connectivity index (χ4v) is 4.41. The minimum atomic E-state index is -1.16. The number of aliphatic carboxylic acids is 1. The number of rotatable bonds is 8. The Balaban J connectivity index is 1.42. The minimum Gasteiger partial charge on any atom is -0.481 e. The number of ether oxygens (including phenoxy) is 1. The van der Waals surface area contributed by atoms with Gasteiger partial charge in [-0.15, -0.1) is 0 Å². The van der Waals surface area contributed by atoms with Gasteiger partial charge in [-0.2, -0.15) is 0 Å². The standard InChI is InChI=1S/C26H30N2O5/c1-25(2,23(30)31)15-27-22(29)26(3,16-12-13-16)28-24(32)33-14-21-19-10-6-4-8-17(19)18-9-5-7-11-20(18)21/h4-11,16,21H,12-15H2,1-3H3,(H,27,29)(H,28,32)(H,30,31). The van der Waals surface area contributed by atoms with Crippen LogP contribution in [0.5, 0.6) is 0 Å². The van der Waals surface area contributed by atoms with Gasteiger partial charge in [-0.1, -0.05) is 48.5 Å². The van der Waals surface area contributed by atoms with Crippen LogP contribution in [0.1, 0.15) is 50.7 Å². The lowest BCUT2D eigenvalue weighted by Crippen LogP contribution is -2.59. The molecule has 0 bridgehead atoms. The second-order valence-corrected chi connectivity index (χ2v) is 9.80. The third kappa shape index (κ3) is 4.45. The highest BCUT2D eigenvalue weighted by atomic mass is 16.5. The maximum absolute atomic E-state index is 13.0. The molecular weight excluding hydrogens is 420 g/mol. The fourth-order valence-electron chi connectivity index (χ4n) is 4.41. The summed E-state index contributed by atoms with van der Waals surface area (Å²) in [5.74, 6) is -1.47. The molecule has 2 aliphatic carbocycles. The predicted octanol–water partition coefficient (Wildman–Crippen LogP) is 3.92. The first-order chi connectivity index (χ1) is 15.6. The molecule has 2 aromatic rings. The van der Waals surface area contributed by atoms with Gasteiger partial charge in [0.15, 0.2) is 0 Å². The number of amides is 2. The Bertz CT molecular complexity index is 1050. The Labute approximate surface area is 193 Å². The van der Waals surface area contributed by atoms with Gasteiger partial charge in [0, 0.05) is 12.5 Å². The summed E-state index contributed by atoms with van der Waals surface area (Å²) in [6.45, 7) is 4.89. The average molecular weight is 451 g/mol. The normalized spacial score (nSPS) is 16.8. The van der Waals surface area contributed by atoms with E-state index in [4.69, 9.17) is 4.74 Å². The van der Waals surface area contributed by atoms with E-state index >= 15 is 0 Å². The zero-order valence-corrected chi connectivity index (χ0v) is 19.2. The van der Waals surface area contributed by atoms with Crippen LogP contribution < -0.4 is 10.6 Å². The number of carboxylic acid groups (broad SMARTS) is 1. The number of hydrogen-bond acceptors (Lipinski definition) is 4. The second kappa shape index (κ2) is 8.54. The summed E-state index contributed by atoms with van der Waals surface area (Å²) in [5.41, 5.74) is 2.26. The summed E-state index contributed by atoms with van der Waals surface area (Å²) < 4.78 is 5.62. The molecule has 1 unspecified atom stereocenters. The zero-order chi connectivity index (χ0) is 23.8. The molecule has 1 saturated carbocycles. The van der Waals surface area contributed by atoms with Crippen molar-refractivity contribution in [1.29, 1.82) is 0 Å². The van der Waals surface area contributed by atoms with Gasteiger partial charge in [0.2, 0.25) is 5.91 Å². The zero-order valence-electron chi connectivity index (χ0n) is 19.2. The van der Waals surface area contributed by atoms with Gasteiger partial charge >= 0.3 is 12.1 Å². The third-order valence-corrected chi connectivity index (χ3v) is 6.84. The molecule has 2 aliphatic rings. The Hall–Kier alpha value is -3.35. The molecule has 174 valence electrons. The molecule has 0 heterocycles. The SMILES string of the molecule is CC(C)(CNC(=O)C(C)(NC(=O)OCC1c2ccccc2-c2ccccc21)C1CC1)C(=O)O. The summed E-state index contributed by atoms with van der Waals surface area (Å²) in [5, 5.41) is 14.8. The predicted molar refractivity (Wildman–Crippen MR) is 124 cm³/mol. The number of nitrogens with one attached hydrogen (secondary N) is 2. The molecule has 33 heavy (non-hydrogen) atoms. The Morgan fingerprint density at radius 2 is 1.52 bits per heavy atom. The number of benzene rings is 2. The molecule has 3 N–H and O–H groups in total. The first-order valence-electron chi connectivity index (χ1n) is 11.3. The quantitative estimate of drug-likeness (QED) is 0.565. The maximum atomic E-state index is 13.0. The van der Waals surface area contributed by atoms with Gasteiger partial charge in [0.05, 0.1) is 5.41 Å². The van der Waals surface area contributed by atoms with Crippen molar-refractivity contribution < 1.29 is 24.2 Å². The van der Waals surface area contributed by atoms with Crippen molar-refractivity contribution in [2.45, 2.75) is 45.1 Å². The van der Waals surface area contributed by atoms with Crippen LogP contribution in [0.2, 0.25) is 0 Å². The summed E-state index contributed by atoms with van der Waals surface area (Å²) in [6, 6.07) is 16.2. The summed E-state index contributed by atoms with van der Waals surface area (Å²) in [6.07, 6.45) is 0.977. The monoisotopic (exact) mass is 450 g/mol. The van der Waals surface area contributed by atoms with E-state index in [1.807, 2.05) is 36.4 Å². The molecule has 7 nitrogen and oxygen atoms in total. The number of carbonyl (C=O) groups is 3. The first-order valence-corrected chi connectivity index (χ1v) is 11.3. The minimum absolute atomic E-state index is 0.00840. The topological polar surface area (TPSA) is 105 Å². The van der Waals surface area contributed by atoms with Crippen LogP contribution in [0.4, 0.5) is 4.79 Å². The van der Waals surface area contributed by atoms with Crippen LogP contribution in [-0.4, -0.2) is 41.8 Å². The molecule has 0 saturated heterocycles. The summed E-state index contributed by atoms with van der Waals surface area (Å²) in [4.78, 5) is 37.1. The van der Waals surface area contributed by atoms with Crippen LogP contribution in [0.15, 0.2) is 48.5 Å². The lowest BCUT2D eigenvalue weighted by Gasteiger charge is -2.31. The third-order valence-electron chi connectivity index (χ3n) is 6.84. The van der Waals surface area contributed by atoms with Gasteiger partial charge in [-0.3, -0.25) is 9.59 Å². The van der Waals surface area contributed by atoms with Crippen molar-refractivity contribution >= 4 is 18.0 Å². The highest BCUT2D eigenvalue weighted by Crippen LogP contribution is 2.44. The molecule has 2 aromatic carbocycles. The lowest BCUT2D eigenvalue weighted by atomic mass is 9.91. The van der Waals surface area contributed by atoms with Gasteiger partial charge in [-0.25, -0.2) is 4.79 Å². The van der Waals surface area contributed by atoms with E-state index in [-0.39, 0.29) is 25.0 Å². The number of fused-ring (bicyclic) bond motifs is 3. The van der Waals surface area contributed by atoms with E-state index in [2.05, 4.69) is 22.8 Å². The number of carbonyl (C=O) groups excluding carboxylic acids is 2. The molecule has 0 spiro atoms. The van der Waals surface area contributed by atoms with Crippen LogP contribution in [0.3, 0.4) is 0 Å². The van der Waals surface area contributed by atoms with Gasteiger partial charge in [-0.05, 0) is 61.8 Å². The molecule has 1 fully saturated rings. The van der Waals surface area contributed by atoms with Crippen molar-refractivity contribution in [3.8, 4) is 11.1 Å². The largest absolute Gasteiger partial charge is 0.481 e. The van der Waals surface area contributed by atoms with Gasteiger partial charge in [0.25, 0.3) is 0 Å². The van der Waals surface area contributed by atoms with E-state index in [1.54, 1.807) is 20.8 Å². The molecule has 1 atom stereocenters. The van der Waals surface area contributed by atoms with Gasteiger partial charge in [0.1, 0.15) is 12.1 Å². The average Bonchev–Trinajstić information content (AvgIpc) is 3.60. The molecule has 0 aliphatic heterocycles. The first kappa shape index (κ1) is 22.8.